The zero-order chi connectivity index (χ0) is 17.8. The molecule has 0 saturated heterocycles. The Labute approximate surface area is 153 Å². The van der Waals surface area contributed by atoms with Gasteiger partial charge in [-0.25, -0.2) is 4.98 Å². The fourth-order valence-corrected chi connectivity index (χ4v) is 3.34. The molecule has 7 nitrogen and oxygen atoms in total. The number of hydrogen-bond acceptors (Lipinski definition) is 6. The molecule has 0 aliphatic heterocycles. The molecule has 1 aromatic carbocycles. The molecule has 2 N–H and O–H groups in total. The summed E-state index contributed by atoms with van der Waals surface area (Å²) in [5.74, 6) is 1.25. The van der Waals surface area contributed by atoms with Crippen molar-refractivity contribution in [3.63, 3.8) is 0 Å². The van der Waals surface area contributed by atoms with Crippen molar-refractivity contribution in [1.29, 1.82) is 0 Å². The van der Waals surface area contributed by atoms with Gasteiger partial charge in [0.25, 0.3) is 5.91 Å². The monoisotopic (exact) mass is 364 g/mol. The summed E-state index contributed by atoms with van der Waals surface area (Å²) < 4.78 is 2.89. The molecule has 4 aromatic rings. The van der Waals surface area contributed by atoms with Gasteiger partial charge in [-0.2, -0.15) is 0 Å². The summed E-state index contributed by atoms with van der Waals surface area (Å²) in [5, 5.41) is 14.8. The van der Waals surface area contributed by atoms with Gasteiger partial charge in [0.05, 0.1) is 10.2 Å². The standard InChI is InChI=1S/C18H16N6OS/c25-17(18-21-13-5-1-2-6-14(13)26-18)20-10-9-19-15-7-8-16(23-22-15)24-11-3-4-12-24/h1-8,11-12H,9-10H2,(H,19,22)(H,20,25). The van der Waals surface area contributed by atoms with Gasteiger partial charge in [-0.1, -0.05) is 12.1 Å². The highest BCUT2D eigenvalue weighted by molar-refractivity contribution is 7.20. The number of thiazole rings is 1. The number of benzene rings is 1. The number of anilines is 1. The minimum Gasteiger partial charge on any atom is -0.367 e. The van der Waals surface area contributed by atoms with Gasteiger partial charge in [0, 0.05) is 25.5 Å². The molecular weight excluding hydrogens is 348 g/mol. The molecule has 4 rings (SSSR count). The third kappa shape index (κ3) is 3.55. The first-order chi connectivity index (χ1) is 12.8. The summed E-state index contributed by atoms with van der Waals surface area (Å²) in [6.45, 7) is 1.02. The van der Waals surface area contributed by atoms with Gasteiger partial charge in [-0.05, 0) is 36.4 Å². The van der Waals surface area contributed by atoms with E-state index in [4.69, 9.17) is 0 Å². The Morgan fingerprint density at radius 1 is 1.00 bits per heavy atom. The number of carbonyl (C=O) groups excluding carboxylic acids is 1. The molecule has 0 spiro atoms. The Morgan fingerprint density at radius 3 is 2.62 bits per heavy atom. The topological polar surface area (TPSA) is 84.7 Å². The molecule has 8 heteroatoms. The molecule has 3 heterocycles. The number of nitrogens with zero attached hydrogens (tertiary/aromatic N) is 4. The van der Waals surface area contributed by atoms with E-state index in [0.717, 1.165) is 16.0 Å². The quantitative estimate of drug-likeness (QED) is 0.514. The Hall–Kier alpha value is -3.26. The molecule has 0 aliphatic carbocycles. The fourth-order valence-electron chi connectivity index (χ4n) is 2.46. The van der Waals surface area contributed by atoms with Crippen LogP contribution >= 0.6 is 11.3 Å². The Kier molecular flexibility index (Phi) is 4.57. The van der Waals surface area contributed by atoms with Crippen molar-refractivity contribution in [2.24, 2.45) is 0 Å². The van der Waals surface area contributed by atoms with Crippen LogP contribution in [0.5, 0.6) is 0 Å². The average molecular weight is 364 g/mol. The van der Waals surface area contributed by atoms with E-state index in [1.807, 2.05) is 65.5 Å². The maximum absolute atomic E-state index is 12.2. The lowest BCUT2D eigenvalue weighted by molar-refractivity contribution is 0.0955. The summed E-state index contributed by atoms with van der Waals surface area (Å²) in [7, 11) is 0. The van der Waals surface area contributed by atoms with Crippen LogP contribution in [0.2, 0.25) is 0 Å². The molecule has 0 radical (unpaired) electrons. The van der Waals surface area contributed by atoms with Crippen LogP contribution < -0.4 is 10.6 Å². The average Bonchev–Trinajstić information content (AvgIpc) is 3.35. The van der Waals surface area contributed by atoms with Gasteiger partial charge in [0.1, 0.15) is 5.82 Å². The first-order valence-electron chi connectivity index (χ1n) is 8.14. The van der Waals surface area contributed by atoms with Gasteiger partial charge in [-0.3, -0.25) is 4.79 Å². The van der Waals surface area contributed by atoms with Crippen LogP contribution in [-0.2, 0) is 0 Å². The summed E-state index contributed by atoms with van der Waals surface area (Å²) in [6, 6.07) is 15.3. The predicted molar refractivity (Wildman–Crippen MR) is 102 cm³/mol. The van der Waals surface area contributed by atoms with E-state index >= 15 is 0 Å². The van der Waals surface area contributed by atoms with E-state index in [-0.39, 0.29) is 5.91 Å². The van der Waals surface area contributed by atoms with Crippen LogP contribution in [-0.4, -0.2) is 38.7 Å². The number of aromatic nitrogens is 4. The Balaban J connectivity index is 1.27. The van der Waals surface area contributed by atoms with Gasteiger partial charge < -0.3 is 15.2 Å². The lowest BCUT2D eigenvalue weighted by Crippen LogP contribution is -2.28. The third-order valence-corrected chi connectivity index (χ3v) is 4.76. The Morgan fingerprint density at radius 2 is 1.85 bits per heavy atom. The van der Waals surface area contributed by atoms with E-state index in [9.17, 15) is 4.79 Å². The highest BCUT2D eigenvalue weighted by Crippen LogP contribution is 2.21. The second kappa shape index (κ2) is 7.32. The number of hydrogen-bond donors (Lipinski definition) is 2. The molecule has 0 unspecified atom stereocenters. The minimum absolute atomic E-state index is 0.165. The van der Waals surface area contributed by atoms with Gasteiger partial charge in [-0.15, -0.1) is 21.5 Å². The maximum Gasteiger partial charge on any atom is 0.280 e. The molecule has 0 aliphatic rings. The van der Waals surface area contributed by atoms with Crippen molar-refractivity contribution in [2.45, 2.75) is 0 Å². The first-order valence-corrected chi connectivity index (χ1v) is 8.96. The third-order valence-electron chi connectivity index (χ3n) is 3.72. The highest BCUT2D eigenvalue weighted by atomic mass is 32.1. The van der Waals surface area contributed by atoms with E-state index in [1.165, 1.54) is 11.3 Å². The van der Waals surface area contributed by atoms with Crippen molar-refractivity contribution in [1.82, 2.24) is 25.1 Å². The zero-order valence-corrected chi connectivity index (χ0v) is 14.6. The summed E-state index contributed by atoms with van der Waals surface area (Å²) in [4.78, 5) is 16.5. The van der Waals surface area contributed by atoms with Crippen molar-refractivity contribution in [3.05, 3.63) is 65.9 Å². The summed E-state index contributed by atoms with van der Waals surface area (Å²) >= 11 is 1.39. The van der Waals surface area contributed by atoms with Crippen molar-refractivity contribution in [2.75, 3.05) is 18.4 Å². The molecular formula is C18H16N6OS. The maximum atomic E-state index is 12.2. The Bertz CT molecular complexity index is 977. The molecule has 0 fully saturated rings. The molecule has 130 valence electrons. The largest absolute Gasteiger partial charge is 0.367 e. The molecule has 1 amide bonds. The number of amides is 1. The number of nitrogens with one attached hydrogen (secondary N) is 2. The second-order valence-corrected chi connectivity index (χ2v) is 6.57. The van der Waals surface area contributed by atoms with E-state index in [1.54, 1.807) is 0 Å². The molecule has 0 atom stereocenters. The zero-order valence-electron chi connectivity index (χ0n) is 13.8. The van der Waals surface area contributed by atoms with E-state index < -0.39 is 0 Å². The minimum atomic E-state index is -0.165. The number of fused-ring (bicyclic) bond motifs is 1. The van der Waals surface area contributed by atoms with Crippen molar-refractivity contribution >= 4 is 33.3 Å². The van der Waals surface area contributed by atoms with Gasteiger partial charge in [0.15, 0.2) is 10.8 Å². The molecule has 3 aromatic heterocycles. The van der Waals surface area contributed by atoms with Crippen molar-refractivity contribution < 1.29 is 4.79 Å². The predicted octanol–water partition coefficient (Wildman–Crippen LogP) is 2.72. The van der Waals surface area contributed by atoms with Crippen LogP contribution in [0.3, 0.4) is 0 Å². The van der Waals surface area contributed by atoms with Gasteiger partial charge in [0.2, 0.25) is 0 Å². The van der Waals surface area contributed by atoms with Crippen LogP contribution in [0, 0.1) is 0 Å². The lowest BCUT2D eigenvalue weighted by atomic mass is 10.3. The number of carbonyl (C=O) groups is 1. The highest BCUT2D eigenvalue weighted by Gasteiger charge is 2.11. The second-order valence-electron chi connectivity index (χ2n) is 5.54. The smallest absolute Gasteiger partial charge is 0.280 e. The van der Waals surface area contributed by atoms with E-state index in [2.05, 4.69) is 25.8 Å². The van der Waals surface area contributed by atoms with Crippen molar-refractivity contribution in [3.8, 4) is 5.82 Å². The fraction of sp³-hybridized carbons (Fsp3) is 0.111. The molecule has 26 heavy (non-hydrogen) atoms. The SMILES string of the molecule is O=C(NCCNc1ccc(-n2cccc2)nn1)c1nc2ccccc2s1. The van der Waals surface area contributed by atoms with Gasteiger partial charge >= 0.3 is 0 Å². The van der Waals surface area contributed by atoms with Crippen LogP contribution in [0.15, 0.2) is 60.9 Å². The lowest BCUT2D eigenvalue weighted by Gasteiger charge is -2.07. The number of para-hydroxylation sites is 1. The summed E-state index contributed by atoms with van der Waals surface area (Å²) in [5.41, 5.74) is 0.846. The summed E-state index contributed by atoms with van der Waals surface area (Å²) in [6.07, 6.45) is 3.82. The van der Waals surface area contributed by atoms with Crippen LogP contribution in [0.25, 0.3) is 16.0 Å². The normalized spacial score (nSPS) is 10.8. The van der Waals surface area contributed by atoms with Crippen LogP contribution in [0.1, 0.15) is 9.80 Å². The first kappa shape index (κ1) is 16.2. The molecule has 0 bridgehead atoms. The van der Waals surface area contributed by atoms with Crippen LogP contribution in [0.4, 0.5) is 5.82 Å². The molecule has 0 saturated carbocycles. The van der Waals surface area contributed by atoms with E-state index in [0.29, 0.717) is 23.9 Å². The number of rotatable bonds is 6.